The van der Waals surface area contributed by atoms with E-state index < -0.39 is 0 Å². The Morgan fingerprint density at radius 2 is 1.94 bits per heavy atom. The van der Waals surface area contributed by atoms with E-state index in [0.717, 1.165) is 10.6 Å². The molecule has 0 amide bonds. The van der Waals surface area contributed by atoms with Gasteiger partial charge in [0.05, 0.1) is 12.3 Å². The van der Waals surface area contributed by atoms with Crippen LogP contribution in [0.15, 0.2) is 30.3 Å². The maximum atomic E-state index is 12.2. The molecule has 0 aliphatic heterocycles. The van der Waals surface area contributed by atoms with Gasteiger partial charge in [0.15, 0.2) is 0 Å². The molecular formula is C14H11N2OS-. The Hall–Kier alpha value is -2.12. The van der Waals surface area contributed by atoms with Gasteiger partial charge in [0.25, 0.3) is 0 Å². The molecule has 2 aromatic rings. The van der Waals surface area contributed by atoms with Crippen molar-refractivity contribution >= 4 is 22.8 Å². The van der Waals surface area contributed by atoms with Crippen molar-refractivity contribution in [2.45, 2.75) is 13.8 Å². The monoisotopic (exact) mass is 255 g/mol. The number of benzene rings is 1. The Morgan fingerprint density at radius 3 is 2.44 bits per heavy atom. The molecule has 0 fully saturated rings. The lowest BCUT2D eigenvalue weighted by atomic mass is 10.1. The second-order valence-electron chi connectivity index (χ2n) is 3.82. The van der Waals surface area contributed by atoms with Crippen molar-refractivity contribution in [3.05, 3.63) is 62.9 Å². The van der Waals surface area contributed by atoms with Gasteiger partial charge in [-0.05, 0) is 19.4 Å². The quantitative estimate of drug-likeness (QED) is 0.611. The number of nitrogens with zero attached hydrogens (tertiary/aromatic N) is 2. The lowest BCUT2D eigenvalue weighted by Crippen LogP contribution is -2.04. The number of aromatic nitrogens is 1. The third-order valence-electron chi connectivity index (χ3n) is 2.59. The number of aryl methyl sites for hydroxylation is 2. The van der Waals surface area contributed by atoms with Crippen LogP contribution in [0.4, 0.5) is 0 Å². The van der Waals surface area contributed by atoms with E-state index in [-0.39, 0.29) is 11.5 Å². The van der Waals surface area contributed by atoms with Crippen LogP contribution in [0.5, 0.6) is 0 Å². The van der Waals surface area contributed by atoms with Gasteiger partial charge in [-0.15, -0.1) is 11.3 Å². The Labute approximate surface area is 110 Å². The van der Waals surface area contributed by atoms with Gasteiger partial charge in [-0.2, -0.15) is 0 Å². The first kappa shape index (κ1) is 12.3. The highest BCUT2D eigenvalue weighted by Gasteiger charge is 2.10. The van der Waals surface area contributed by atoms with Gasteiger partial charge in [-0.25, -0.2) is 4.85 Å². The summed E-state index contributed by atoms with van der Waals surface area (Å²) in [4.78, 5) is 8.66. The molecule has 0 aliphatic carbocycles. The number of hydrogen-bond acceptors (Lipinski definition) is 3. The van der Waals surface area contributed by atoms with Crippen molar-refractivity contribution in [3.8, 4) is 0 Å². The number of hydrogen-bond donors (Lipinski definition) is 0. The summed E-state index contributed by atoms with van der Waals surface area (Å²) in [6.45, 7) is 11.0. The number of thiazole rings is 1. The van der Waals surface area contributed by atoms with Crippen molar-refractivity contribution in [2.24, 2.45) is 0 Å². The highest BCUT2D eigenvalue weighted by Crippen LogP contribution is 2.28. The van der Waals surface area contributed by atoms with Crippen LogP contribution in [-0.4, -0.2) is 4.98 Å². The average Bonchev–Trinajstić information content (AvgIpc) is 2.71. The van der Waals surface area contributed by atoms with E-state index in [1.807, 2.05) is 19.9 Å². The molecule has 1 heterocycles. The Kier molecular flexibility index (Phi) is 3.45. The first-order valence-corrected chi connectivity index (χ1v) is 6.23. The van der Waals surface area contributed by atoms with Crippen molar-refractivity contribution in [1.29, 1.82) is 0 Å². The zero-order valence-electron chi connectivity index (χ0n) is 10.1. The maximum Gasteiger partial charge on any atom is 0.214 e. The molecule has 0 aliphatic rings. The molecule has 0 spiro atoms. The largest absolute Gasteiger partial charge is 0.880 e. The summed E-state index contributed by atoms with van der Waals surface area (Å²) < 4.78 is 0. The third-order valence-corrected chi connectivity index (χ3v) is 3.67. The van der Waals surface area contributed by atoms with Gasteiger partial charge in [-0.3, -0.25) is 4.98 Å². The minimum absolute atomic E-state index is 0.0994. The summed E-state index contributed by atoms with van der Waals surface area (Å²) in [6, 6.07) is 8.83. The van der Waals surface area contributed by atoms with Crippen LogP contribution in [0.25, 0.3) is 16.3 Å². The molecule has 0 unspecified atom stereocenters. The third kappa shape index (κ3) is 2.27. The second-order valence-corrected chi connectivity index (χ2v) is 5.02. The van der Waals surface area contributed by atoms with E-state index in [9.17, 15) is 5.11 Å². The van der Waals surface area contributed by atoms with Crippen LogP contribution in [0.1, 0.15) is 21.1 Å². The highest BCUT2D eigenvalue weighted by molar-refractivity contribution is 7.12. The molecule has 90 valence electrons. The molecule has 0 N–H and O–H groups in total. The van der Waals surface area contributed by atoms with Crippen molar-refractivity contribution in [1.82, 2.24) is 4.98 Å². The fraction of sp³-hybridized carbons (Fsp3) is 0.143. The van der Waals surface area contributed by atoms with Crippen LogP contribution >= 0.6 is 11.3 Å². The molecule has 0 saturated heterocycles. The van der Waals surface area contributed by atoms with E-state index in [1.54, 1.807) is 24.3 Å². The number of rotatable bonds is 2. The van der Waals surface area contributed by atoms with Gasteiger partial charge < -0.3 is 5.11 Å². The summed E-state index contributed by atoms with van der Waals surface area (Å²) in [5, 5.41) is 12.7. The van der Waals surface area contributed by atoms with Crippen LogP contribution < -0.4 is 5.11 Å². The SMILES string of the molecule is [C-]#[N+]/C(=C(/[O-])c1ccccc1)c1nc(C)c(C)s1. The van der Waals surface area contributed by atoms with E-state index >= 15 is 0 Å². The fourth-order valence-corrected chi connectivity index (χ4v) is 2.40. The Morgan fingerprint density at radius 1 is 1.28 bits per heavy atom. The molecule has 1 aromatic carbocycles. The lowest BCUT2D eigenvalue weighted by molar-refractivity contribution is -0.242. The summed E-state index contributed by atoms with van der Waals surface area (Å²) in [7, 11) is 0. The van der Waals surface area contributed by atoms with Crippen LogP contribution in [0.2, 0.25) is 0 Å². The van der Waals surface area contributed by atoms with Gasteiger partial charge in [0, 0.05) is 4.88 Å². The van der Waals surface area contributed by atoms with Crippen LogP contribution in [-0.2, 0) is 0 Å². The van der Waals surface area contributed by atoms with Crippen LogP contribution in [0.3, 0.4) is 0 Å². The Bertz CT molecular complexity index is 616. The standard InChI is InChI=1S/C14H12N2OS/c1-9-10(2)18-14(16-9)12(15-3)13(17)11-7-5-4-6-8-11/h4-8,17H,1-2H3/p-1/b13-12+. The topological polar surface area (TPSA) is 40.3 Å². The first-order valence-electron chi connectivity index (χ1n) is 5.42. The normalized spacial score (nSPS) is 11.8. The fourth-order valence-electron chi connectivity index (χ4n) is 1.50. The smallest absolute Gasteiger partial charge is 0.214 e. The van der Waals surface area contributed by atoms with Gasteiger partial charge in [0.2, 0.25) is 5.70 Å². The summed E-state index contributed by atoms with van der Waals surface area (Å²) >= 11 is 1.39. The highest BCUT2D eigenvalue weighted by atomic mass is 32.1. The summed E-state index contributed by atoms with van der Waals surface area (Å²) in [5.41, 5.74) is 1.49. The first-order chi connectivity index (χ1) is 8.63. The van der Waals surface area contributed by atoms with E-state index in [0.29, 0.717) is 10.6 Å². The summed E-state index contributed by atoms with van der Waals surface area (Å²) in [5.74, 6) is -0.264. The van der Waals surface area contributed by atoms with Gasteiger partial charge in [-0.1, -0.05) is 36.1 Å². The molecule has 3 nitrogen and oxygen atoms in total. The molecule has 18 heavy (non-hydrogen) atoms. The van der Waals surface area contributed by atoms with Gasteiger partial charge >= 0.3 is 0 Å². The molecular weight excluding hydrogens is 244 g/mol. The van der Waals surface area contributed by atoms with E-state index in [2.05, 4.69) is 9.83 Å². The molecule has 2 rings (SSSR count). The molecule has 0 atom stereocenters. The predicted octanol–water partition coefficient (Wildman–Crippen LogP) is 2.87. The van der Waals surface area contributed by atoms with Crippen molar-refractivity contribution in [3.63, 3.8) is 0 Å². The van der Waals surface area contributed by atoms with E-state index in [1.165, 1.54) is 11.3 Å². The van der Waals surface area contributed by atoms with Crippen LogP contribution in [0, 0.1) is 20.4 Å². The Balaban J connectivity index is 2.55. The van der Waals surface area contributed by atoms with E-state index in [4.69, 9.17) is 6.57 Å². The molecule has 0 radical (unpaired) electrons. The lowest BCUT2D eigenvalue weighted by Gasteiger charge is -2.14. The molecule has 0 bridgehead atoms. The van der Waals surface area contributed by atoms with Gasteiger partial charge in [0.1, 0.15) is 5.01 Å². The second kappa shape index (κ2) is 5.03. The zero-order valence-corrected chi connectivity index (χ0v) is 10.9. The predicted molar refractivity (Wildman–Crippen MR) is 71.4 cm³/mol. The minimum Gasteiger partial charge on any atom is -0.880 e. The molecule has 1 aromatic heterocycles. The average molecular weight is 255 g/mol. The zero-order chi connectivity index (χ0) is 13.1. The van der Waals surface area contributed by atoms with Crippen molar-refractivity contribution in [2.75, 3.05) is 0 Å². The molecule has 0 saturated carbocycles. The maximum absolute atomic E-state index is 12.2. The molecule has 4 heteroatoms. The summed E-state index contributed by atoms with van der Waals surface area (Å²) in [6.07, 6.45) is 0. The van der Waals surface area contributed by atoms with Crippen molar-refractivity contribution < 1.29 is 5.11 Å². The minimum atomic E-state index is -0.264.